The zero-order valence-electron chi connectivity index (χ0n) is 20.0. The lowest BCUT2D eigenvalue weighted by atomic mass is 9.47. The van der Waals surface area contributed by atoms with Crippen molar-refractivity contribution in [2.75, 3.05) is 6.61 Å². The van der Waals surface area contributed by atoms with Gasteiger partial charge < -0.3 is 19.7 Å². The molecule has 6 nitrogen and oxygen atoms in total. The predicted octanol–water partition coefficient (Wildman–Crippen LogP) is 3.70. The number of allylic oxidation sites excluding steroid dienone is 1. The number of carbonyl (C=O) groups is 2. The number of hydrogen-bond donors (Lipinski definition) is 2. The van der Waals surface area contributed by atoms with Crippen LogP contribution in [-0.2, 0) is 19.1 Å². The molecule has 0 aromatic carbocycles. The molecule has 2 saturated carbocycles. The van der Waals surface area contributed by atoms with E-state index in [0.717, 1.165) is 18.4 Å². The number of ether oxygens (including phenoxy) is 2. The maximum absolute atomic E-state index is 12.6. The van der Waals surface area contributed by atoms with E-state index in [1.165, 1.54) is 6.92 Å². The Bertz CT molecular complexity index is 853. The highest BCUT2D eigenvalue weighted by Crippen LogP contribution is 2.66. The van der Waals surface area contributed by atoms with Crippen LogP contribution in [0, 0.1) is 28.1 Å². The molecule has 6 heteroatoms. The van der Waals surface area contributed by atoms with Gasteiger partial charge in [-0.15, -0.1) is 0 Å². The summed E-state index contributed by atoms with van der Waals surface area (Å²) in [5, 5.41) is 22.4. The van der Waals surface area contributed by atoms with Crippen molar-refractivity contribution in [1.29, 1.82) is 0 Å². The van der Waals surface area contributed by atoms with Gasteiger partial charge in [-0.05, 0) is 70.8 Å². The number of hydrogen-bond acceptors (Lipinski definition) is 6. The third-order valence-corrected chi connectivity index (χ3v) is 8.87. The average molecular weight is 447 g/mol. The van der Waals surface area contributed by atoms with Crippen molar-refractivity contribution in [2.45, 2.75) is 91.0 Å². The van der Waals surface area contributed by atoms with Crippen LogP contribution in [0.1, 0.15) is 73.1 Å². The first-order chi connectivity index (χ1) is 14.8. The molecule has 0 aliphatic heterocycles. The second-order valence-electron chi connectivity index (χ2n) is 11.7. The van der Waals surface area contributed by atoms with E-state index in [1.807, 2.05) is 32.9 Å². The second kappa shape index (κ2) is 7.69. The van der Waals surface area contributed by atoms with E-state index in [1.54, 1.807) is 0 Å². The Kier molecular flexibility index (Phi) is 5.65. The monoisotopic (exact) mass is 446 g/mol. The fourth-order valence-corrected chi connectivity index (χ4v) is 6.86. The topological polar surface area (TPSA) is 93.1 Å². The molecule has 4 aliphatic rings. The summed E-state index contributed by atoms with van der Waals surface area (Å²) in [7, 11) is 0. The van der Waals surface area contributed by atoms with Crippen molar-refractivity contribution < 1.29 is 29.3 Å². The van der Waals surface area contributed by atoms with Gasteiger partial charge in [0.2, 0.25) is 0 Å². The summed E-state index contributed by atoms with van der Waals surface area (Å²) in [5.74, 6) is -0.569. The largest absolute Gasteiger partial charge is 0.465 e. The van der Waals surface area contributed by atoms with Gasteiger partial charge in [0.25, 0.3) is 0 Å². The maximum atomic E-state index is 12.6. The normalized spacial score (nSPS) is 42.9. The zero-order chi connectivity index (χ0) is 23.5. The van der Waals surface area contributed by atoms with E-state index < -0.39 is 27.9 Å². The minimum atomic E-state index is -1.000. The SMILES string of the molecule is CC(=O)OC[C@]12CC[C@H](O)C=C1C=C[C@@H]1[C@@H]2CC[C@]2(C)[C@@H](OC(=O)C(C)(C)C)CC[C@]12O. The van der Waals surface area contributed by atoms with Crippen LogP contribution in [0.25, 0.3) is 0 Å². The number of esters is 2. The molecule has 2 fully saturated rings. The molecule has 0 radical (unpaired) electrons. The molecule has 2 N–H and O–H groups in total. The quantitative estimate of drug-likeness (QED) is 0.642. The second-order valence-corrected chi connectivity index (χ2v) is 11.7. The molecule has 0 unspecified atom stereocenters. The van der Waals surface area contributed by atoms with Gasteiger partial charge in [-0.1, -0.05) is 25.2 Å². The molecule has 0 spiro atoms. The van der Waals surface area contributed by atoms with Gasteiger partial charge in [0.15, 0.2) is 0 Å². The maximum Gasteiger partial charge on any atom is 0.311 e. The number of aliphatic hydroxyl groups excluding tert-OH is 1. The summed E-state index contributed by atoms with van der Waals surface area (Å²) in [4.78, 5) is 24.3. The number of rotatable bonds is 3. The molecule has 0 heterocycles. The highest BCUT2D eigenvalue weighted by atomic mass is 16.5. The van der Waals surface area contributed by atoms with Crippen LogP contribution in [-0.4, -0.2) is 46.6 Å². The average Bonchev–Trinajstić information content (AvgIpc) is 2.97. The molecular formula is C26H38O6. The zero-order valence-corrected chi connectivity index (χ0v) is 20.0. The number of carbonyl (C=O) groups excluding carboxylic acids is 2. The van der Waals surface area contributed by atoms with E-state index in [9.17, 15) is 19.8 Å². The lowest BCUT2D eigenvalue weighted by Gasteiger charge is -2.59. The lowest BCUT2D eigenvalue weighted by molar-refractivity contribution is -0.196. The molecule has 32 heavy (non-hydrogen) atoms. The molecule has 4 rings (SSSR count). The first kappa shape index (κ1) is 23.5. The molecular weight excluding hydrogens is 408 g/mol. The first-order valence-electron chi connectivity index (χ1n) is 12.0. The van der Waals surface area contributed by atoms with Gasteiger partial charge in [-0.3, -0.25) is 9.59 Å². The Morgan fingerprint density at radius 2 is 1.88 bits per heavy atom. The Hall–Kier alpha value is -1.66. The summed E-state index contributed by atoms with van der Waals surface area (Å²) >= 11 is 0. The molecule has 0 aromatic rings. The predicted molar refractivity (Wildman–Crippen MR) is 119 cm³/mol. The van der Waals surface area contributed by atoms with Crippen LogP contribution >= 0.6 is 0 Å². The number of aliphatic hydroxyl groups is 2. The Balaban J connectivity index is 1.69. The highest BCUT2D eigenvalue weighted by molar-refractivity contribution is 5.75. The minimum absolute atomic E-state index is 0.0979. The van der Waals surface area contributed by atoms with Crippen LogP contribution < -0.4 is 0 Å². The van der Waals surface area contributed by atoms with Crippen molar-refractivity contribution in [2.24, 2.45) is 28.1 Å². The molecule has 0 saturated heterocycles. The third-order valence-electron chi connectivity index (χ3n) is 8.87. The standard InChI is InChI=1S/C26H38O6/c1-16(27)31-15-25-12-8-18(28)14-17(25)6-7-20-19(25)9-11-24(5)21(10-13-26(20,24)30)32-22(29)23(2,3)4/h6-7,14,18-21,28,30H,8-13,15H2,1-5H3/t18-,19-,20+,21-,24+,25+,26-/m0/s1. The Morgan fingerprint density at radius 3 is 2.53 bits per heavy atom. The number of fused-ring (bicyclic) bond motifs is 5. The molecule has 7 atom stereocenters. The molecule has 0 bridgehead atoms. The van der Waals surface area contributed by atoms with Gasteiger partial charge in [-0.25, -0.2) is 0 Å². The van der Waals surface area contributed by atoms with Crippen molar-refractivity contribution >= 4 is 11.9 Å². The van der Waals surface area contributed by atoms with Gasteiger partial charge in [-0.2, -0.15) is 0 Å². The van der Waals surface area contributed by atoms with Crippen LogP contribution in [0.3, 0.4) is 0 Å². The van der Waals surface area contributed by atoms with E-state index >= 15 is 0 Å². The fourth-order valence-electron chi connectivity index (χ4n) is 6.86. The van der Waals surface area contributed by atoms with Gasteiger partial charge in [0.1, 0.15) is 12.7 Å². The van der Waals surface area contributed by atoms with E-state index in [2.05, 4.69) is 13.0 Å². The Labute approximate surface area is 191 Å². The Morgan fingerprint density at radius 1 is 1.16 bits per heavy atom. The van der Waals surface area contributed by atoms with Crippen molar-refractivity contribution in [3.8, 4) is 0 Å². The lowest BCUT2D eigenvalue weighted by Crippen LogP contribution is -2.62. The van der Waals surface area contributed by atoms with Crippen LogP contribution in [0.5, 0.6) is 0 Å². The molecule has 0 amide bonds. The first-order valence-corrected chi connectivity index (χ1v) is 12.0. The third kappa shape index (κ3) is 3.45. The summed E-state index contributed by atoms with van der Waals surface area (Å²) in [6.45, 7) is 9.31. The smallest absolute Gasteiger partial charge is 0.311 e. The van der Waals surface area contributed by atoms with Crippen molar-refractivity contribution in [3.05, 3.63) is 23.8 Å². The summed E-state index contributed by atoms with van der Waals surface area (Å²) in [6.07, 6.45) is 9.30. The van der Waals surface area contributed by atoms with E-state index in [4.69, 9.17) is 9.47 Å². The van der Waals surface area contributed by atoms with Gasteiger partial charge in [0.05, 0.1) is 17.1 Å². The molecule has 178 valence electrons. The fraction of sp³-hybridized carbons (Fsp3) is 0.769. The highest BCUT2D eigenvalue weighted by Gasteiger charge is 2.67. The van der Waals surface area contributed by atoms with E-state index in [0.29, 0.717) is 25.7 Å². The molecule has 4 aliphatic carbocycles. The minimum Gasteiger partial charge on any atom is -0.465 e. The molecule has 0 aromatic heterocycles. The van der Waals surface area contributed by atoms with Crippen LogP contribution in [0.15, 0.2) is 23.8 Å². The van der Waals surface area contributed by atoms with Crippen LogP contribution in [0.2, 0.25) is 0 Å². The summed E-state index contributed by atoms with van der Waals surface area (Å²) in [5.41, 5.74) is -1.51. The van der Waals surface area contributed by atoms with Gasteiger partial charge in [0, 0.05) is 23.7 Å². The summed E-state index contributed by atoms with van der Waals surface area (Å²) in [6, 6.07) is 0. The van der Waals surface area contributed by atoms with Crippen LogP contribution in [0.4, 0.5) is 0 Å². The van der Waals surface area contributed by atoms with Gasteiger partial charge >= 0.3 is 11.9 Å². The van der Waals surface area contributed by atoms with E-state index in [-0.39, 0.29) is 36.5 Å². The van der Waals surface area contributed by atoms with Crippen molar-refractivity contribution in [1.82, 2.24) is 0 Å². The summed E-state index contributed by atoms with van der Waals surface area (Å²) < 4.78 is 11.5. The van der Waals surface area contributed by atoms with Crippen molar-refractivity contribution in [3.63, 3.8) is 0 Å².